The highest BCUT2D eigenvalue weighted by molar-refractivity contribution is 9.10. The first-order valence-corrected chi connectivity index (χ1v) is 49.5. The second-order valence-electron chi connectivity index (χ2n) is 30.0. The normalized spacial score (nSPS) is 11.4. The molecular formula is C100H114Br2FN11O11S4. The van der Waals surface area contributed by atoms with Crippen LogP contribution in [-0.2, 0) is 126 Å². The number of ether oxygens (including phenoxy) is 3. The molecule has 680 valence electrons. The summed E-state index contributed by atoms with van der Waals surface area (Å²) in [5.74, 6) is 1.70. The zero-order valence-electron chi connectivity index (χ0n) is 74.6. The minimum Gasteiger partial charge on any atom is -0.497 e. The van der Waals surface area contributed by atoms with Crippen molar-refractivity contribution in [1.82, 2.24) is 46.3 Å². The molecule has 0 saturated carbocycles. The molecule has 0 radical (unpaired) electrons. The Kier molecular flexibility index (Phi) is 39.6. The van der Waals surface area contributed by atoms with Crippen LogP contribution in [0.5, 0.6) is 17.2 Å². The van der Waals surface area contributed by atoms with Gasteiger partial charge in [0.05, 0.1) is 81.4 Å². The van der Waals surface area contributed by atoms with Crippen molar-refractivity contribution in [2.45, 2.75) is 119 Å². The number of rotatable bonds is 33. The Morgan fingerprint density at radius 1 is 0.372 bits per heavy atom. The van der Waals surface area contributed by atoms with Crippen LogP contribution in [0.25, 0.3) is 22.5 Å². The lowest BCUT2D eigenvalue weighted by Crippen LogP contribution is -2.30. The van der Waals surface area contributed by atoms with Gasteiger partial charge < -0.3 is 33.6 Å². The second kappa shape index (κ2) is 50.2. The van der Waals surface area contributed by atoms with Crippen molar-refractivity contribution in [1.29, 1.82) is 0 Å². The number of nitrogens with zero attached hydrogens (tertiary/aromatic N) is 9. The SMILES string of the molecule is CCN(Cc1ccc(OC)cc1)S(=O)(=O)c1ccc(CCc2ccccc2)c(-c2cn(C)cn2)c1.CCN(Cc1ccc(OC)cc1)S(=O)(=O)c1ccc(CCc2ccccc2)c(Br)c1.CCN(Cc1ccc(OC)cc1)S(=O)(=O)c1ccc(F)c(Br)c1.CCNS(=O)(=O)c1ccc(CCc2ccccc2)c(-c2cn(C)cn2)c1.Cc1cn(C)cn1.NCc1ccccc1. The van der Waals surface area contributed by atoms with E-state index in [1.54, 1.807) is 103 Å². The summed E-state index contributed by atoms with van der Waals surface area (Å²) in [5.41, 5.74) is 20.5. The number of nitrogens with two attached hydrogens (primary N) is 1. The van der Waals surface area contributed by atoms with Crippen molar-refractivity contribution < 1.29 is 52.3 Å². The number of sulfonamides is 4. The minimum absolute atomic E-state index is 0.0566. The molecule has 0 aliphatic carbocycles. The maximum Gasteiger partial charge on any atom is 0.243 e. The van der Waals surface area contributed by atoms with E-state index in [1.807, 2.05) is 238 Å². The van der Waals surface area contributed by atoms with Crippen molar-refractivity contribution in [2.24, 2.45) is 26.9 Å². The molecule has 3 aromatic heterocycles. The minimum atomic E-state index is -3.71. The molecule has 14 aromatic rings. The summed E-state index contributed by atoms with van der Waals surface area (Å²) >= 11 is 6.59. The van der Waals surface area contributed by atoms with E-state index >= 15 is 0 Å². The Labute approximate surface area is 778 Å². The Morgan fingerprint density at radius 3 is 0.984 bits per heavy atom. The standard InChI is InChI=1S/C28H31N3O3S.C24H26BrNO3S.C20H23N3O2S.C16H17BrFNO3S.C7H9N.C5H8N2/c1-4-31(19-23-11-15-25(34-3)16-12-23)35(32,33)26-17-14-24(13-10-22-8-6-5-7-9-22)27(18-26)28-20-30(2)21-29-28;1-3-26(18-20-10-14-22(29-2)15-11-20)30(27,28)23-16-13-21(24(25)17-23)12-9-19-7-5-4-6-8-19;1-3-22-26(24,25)18-12-11-17(10-9-16-7-5-4-6-8-16)19(13-18)20-14-23(2)15-21-20;1-3-19(11-12-4-6-13(22-2)7-5-12)23(20,21)14-8-9-16(18)15(17)10-14;8-6-7-4-2-1-3-5-7;1-5-3-7(2)4-6-5/h5-9,11-12,14-18,20-21H,4,10,13,19H2,1-3H3;4-8,10-11,13-17H,3,9,12,18H2,1-2H3;4-8,11-15,22H,3,9-10H2,1-2H3;4-10H,3,11H2,1-2H3;1-5H,6,8H2;3-4H,1-2H3. The predicted molar refractivity (Wildman–Crippen MR) is 519 cm³/mol. The van der Waals surface area contributed by atoms with Crippen molar-refractivity contribution in [3.05, 3.63) is 381 Å². The zero-order chi connectivity index (χ0) is 93.1. The van der Waals surface area contributed by atoms with Crippen LogP contribution in [0.3, 0.4) is 0 Å². The van der Waals surface area contributed by atoms with Crippen LogP contribution in [-0.4, -0.2) is 123 Å². The van der Waals surface area contributed by atoms with Crippen LogP contribution in [0.15, 0.2) is 333 Å². The van der Waals surface area contributed by atoms with Crippen molar-refractivity contribution in [2.75, 3.05) is 47.5 Å². The first-order valence-electron chi connectivity index (χ1n) is 42.1. The average Bonchev–Trinajstić information content (AvgIpc) is 1.77. The molecular weight excluding hydrogens is 1840 g/mol. The molecule has 0 amide bonds. The summed E-state index contributed by atoms with van der Waals surface area (Å²) in [4.78, 5) is 13.8. The van der Waals surface area contributed by atoms with Gasteiger partial charge in [0.15, 0.2) is 0 Å². The number of hydrogen-bond acceptors (Lipinski definition) is 15. The molecule has 0 fully saturated rings. The summed E-state index contributed by atoms with van der Waals surface area (Å²) < 4.78 is 146. The Bertz CT molecular complexity index is 6290. The van der Waals surface area contributed by atoms with E-state index in [0.29, 0.717) is 49.9 Å². The molecule has 0 atom stereocenters. The van der Waals surface area contributed by atoms with Gasteiger partial charge in [-0.3, -0.25) is 0 Å². The van der Waals surface area contributed by atoms with Crippen LogP contribution in [0.4, 0.5) is 4.39 Å². The molecule has 0 aliphatic rings. The monoisotopic (exact) mass is 1950 g/mol. The van der Waals surface area contributed by atoms with Gasteiger partial charge in [0.1, 0.15) is 23.1 Å². The number of halogens is 3. The van der Waals surface area contributed by atoms with Crippen LogP contribution in [0.2, 0.25) is 0 Å². The molecule has 11 aromatic carbocycles. The smallest absolute Gasteiger partial charge is 0.243 e. The van der Waals surface area contributed by atoms with E-state index in [4.69, 9.17) is 19.9 Å². The van der Waals surface area contributed by atoms with Gasteiger partial charge >= 0.3 is 0 Å². The molecule has 29 heteroatoms. The van der Waals surface area contributed by atoms with Gasteiger partial charge in [0.2, 0.25) is 40.1 Å². The fourth-order valence-corrected chi connectivity index (χ4v) is 20.3. The number of aryl methyl sites for hydroxylation is 10. The highest BCUT2D eigenvalue weighted by Crippen LogP contribution is 2.33. The van der Waals surface area contributed by atoms with Gasteiger partial charge in [-0.05, 0) is 208 Å². The van der Waals surface area contributed by atoms with E-state index in [1.165, 1.54) is 47.3 Å². The van der Waals surface area contributed by atoms with Crippen LogP contribution >= 0.6 is 31.9 Å². The van der Waals surface area contributed by atoms with E-state index in [0.717, 1.165) is 122 Å². The van der Waals surface area contributed by atoms with Crippen LogP contribution in [0.1, 0.15) is 89.0 Å². The van der Waals surface area contributed by atoms with Gasteiger partial charge in [-0.1, -0.05) is 220 Å². The number of aromatic nitrogens is 6. The van der Waals surface area contributed by atoms with E-state index in [2.05, 4.69) is 87.9 Å². The first-order chi connectivity index (χ1) is 61.9. The zero-order valence-corrected chi connectivity index (χ0v) is 81.1. The third-order valence-corrected chi connectivity index (χ3v) is 29.3. The topological polar surface area (TPSA) is 265 Å². The fraction of sp³-hybridized carbons (Fsp3) is 0.250. The van der Waals surface area contributed by atoms with Crippen molar-refractivity contribution in [3.8, 4) is 39.8 Å². The summed E-state index contributed by atoms with van der Waals surface area (Å²) in [6.45, 7) is 12.1. The molecule has 129 heavy (non-hydrogen) atoms. The molecule has 0 spiro atoms. The number of methoxy groups -OCH3 is 3. The number of nitrogens with one attached hydrogen (secondary N) is 1. The average molecular weight is 1950 g/mol. The van der Waals surface area contributed by atoms with Crippen molar-refractivity contribution >= 4 is 72.0 Å². The number of imidazole rings is 3. The molecule has 3 N–H and O–H groups in total. The third-order valence-electron chi connectivity index (χ3n) is 20.7. The van der Waals surface area contributed by atoms with Crippen LogP contribution in [0, 0.1) is 12.7 Å². The Morgan fingerprint density at radius 2 is 0.690 bits per heavy atom. The lowest BCUT2D eigenvalue weighted by atomic mass is 9.98. The quantitative estimate of drug-likeness (QED) is 0.0387. The largest absolute Gasteiger partial charge is 0.497 e. The Balaban J connectivity index is 0.000000185. The van der Waals surface area contributed by atoms with E-state index < -0.39 is 45.9 Å². The lowest BCUT2D eigenvalue weighted by Gasteiger charge is -2.21. The van der Waals surface area contributed by atoms with Gasteiger partial charge in [-0.15, -0.1) is 0 Å². The molecule has 0 aliphatic heterocycles. The summed E-state index contributed by atoms with van der Waals surface area (Å²) in [5, 5.41) is 0. The summed E-state index contributed by atoms with van der Waals surface area (Å²) in [6.07, 6.45) is 16.2. The van der Waals surface area contributed by atoms with E-state index in [-0.39, 0.29) is 32.2 Å². The van der Waals surface area contributed by atoms with Gasteiger partial charge in [-0.25, -0.2) is 57.7 Å². The molecule has 14 rings (SSSR count). The molecule has 3 heterocycles. The second-order valence-corrected chi connectivity index (χ2v) is 39.3. The number of benzene rings is 11. The lowest BCUT2D eigenvalue weighted by molar-refractivity contribution is 0.411. The van der Waals surface area contributed by atoms with Gasteiger partial charge in [0, 0.05) is 108 Å². The number of hydrogen-bond donors (Lipinski definition) is 2. The summed E-state index contributed by atoms with van der Waals surface area (Å²) in [6, 6.07) is 82.7. The highest BCUT2D eigenvalue weighted by Gasteiger charge is 2.29. The predicted octanol–water partition coefficient (Wildman–Crippen LogP) is 19.4. The highest BCUT2D eigenvalue weighted by atomic mass is 79.9. The maximum atomic E-state index is 13.6. The molecule has 0 saturated heterocycles. The molecule has 0 bridgehead atoms. The summed E-state index contributed by atoms with van der Waals surface area (Å²) in [7, 11) is -3.94. The maximum absolute atomic E-state index is 13.6. The van der Waals surface area contributed by atoms with Gasteiger partial charge in [-0.2, -0.15) is 12.9 Å². The fourth-order valence-electron chi connectivity index (χ4n) is 13.5. The van der Waals surface area contributed by atoms with E-state index in [9.17, 15) is 38.1 Å². The van der Waals surface area contributed by atoms with Crippen LogP contribution < -0.4 is 24.7 Å². The first kappa shape index (κ1) is 102. The van der Waals surface area contributed by atoms with Crippen molar-refractivity contribution in [3.63, 3.8) is 0 Å². The molecule has 22 nitrogen and oxygen atoms in total. The Hall–Kier alpha value is -11.1. The molecule has 0 unspecified atom stereocenters. The van der Waals surface area contributed by atoms with Gasteiger partial charge in [0.25, 0.3) is 0 Å². The third kappa shape index (κ3) is 30.5.